The van der Waals surface area contributed by atoms with Gasteiger partial charge >= 0.3 is 12.1 Å². The van der Waals surface area contributed by atoms with E-state index in [4.69, 9.17) is 4.74 Å². The molecule has 1 N–H and O–H groups in total. The van der Waals surface area contributed by atoms with Gasteiger partial charge in [-0.2, -0.15) is 4.39 Å². The number of hydrogen-bond acceptors (Lipinski definition) is 3. The Bertz CT molecular complexity index is 760. The molecule has 1 aliphatic rings. The lowest BCUT2D eigenvalue weighted by Crippen LogP contribution is -2.40. The predicted molar refractivity (Wildman–Crippen MR) is 97.6 cm³/mol. The maximum absolute atomic E-state index is 13.1. The van der Waals surface area contributed by atoms with E-state index >= 15 is 0 Å². The van der Waals surface area contributed by atoms with Crippen LogP contribution < -0.4 is 5.32 Å². The Morgan fingerprint density at radius 1 is 1.08 bits per heavy atom. The third-order valence-corrected chi connectivity index (χ3v) is 4.76. The topological polar surface area (TPSA) is 55.4 Å². The first-order valence-corrected chi connectivity index (χ1v) is 8.92. The van der Waals surface area contributed by atoms with Crippen LogP contribution in [0.15, 0.2) is 48.5 Å². The molecule has 1 aliphatic carbocycles. The number of amides is 1. The van der Waals surface area contributed by atoms with Gasteiger partial charge in [0.05, 0.1) is 0 Å². The molecule has 26 heavy (non-hydrogen) atoms. The highest BCUT2D eigenvalue weighted by Crippen LogP contribution is 2.44. The number of unbranched alkanes of at least 4 members (excludes halogenated alkanes) is 1. The maximum atomic E-state index is 13.1. The molecule has 3 rings (SSSR count). The lowest BCUT2D eigenvalue weighted by atomic mass is 9.98. The third-order valence-electron chi connectivity index (χ3n) is 4.76. The van der Waals surface area contributed by atoms with E-state index in [2.05, 4.69) is 17.4 Å². The highest BCUT2D eigenvalue weighted by atomic mass is 19.1. The number of hydrogen-bond donors (Lipinski definition) is 1. The van der Waals surface area contributed by atoms with Gasteiger partial charge in [-0.3, -0.25) is 4.79 Å². The van der Waals surface area contributed by atoms with Gasteiger partial charge in [-0.25, -0.2) is 4.79 Å². The van der Waals surface area contributed by atoms with Crippen LogP contribution in [0.1, 0.15) is 43.2 Å². The Hall–Kier alpha value is -2.69. The molecule has 0 fully saturated rings. The van der Waals surface area contributed by atoms with Crippen molar-refractivity contribution in [3.05, 3.63) is 59.7 Å². The second-order valence-corrected chi connectivity index (χ2v) is 6.47. The monoisotopic (exact) mass is 355 g/mol. The van der Waals surface area contributed by atoms with Crippen LogP contribution in [0.3, 0.4) is 0 Å². The van der Waals surface area contributed by atoms with Gasteiger partial charge < -0.3 is 10.1 Å². The summed E-state index contributed by atoms with van der Waals surface area (Å²) in [6.07, 6.45) is 0.981. The highest BCUT2D eigenvalue weighted by molar-refractivity contribution is 5.81. The largest absolute Gasteiger partial charge is 0.449 e. The Morgan fingerprint density at radius 2 is 1.65 bits per heavy atom. The molecule has 2 aromatic rings. The third kappa shape index (κ3) is 3.77. The van der Waals surface area contributed by atoms with Gasteiger partial charge in [0, 0.05) is 5.92 Å². The Labute approximate surface area is 152 Å². The molecule has 136 valence electrons. The minimum Gasteiger partial charge on any atom is -0.449 e. The van der Waals surface area contributed by atoms with Crippen molar-refractivity contribution in [1.29, 1.82) is 0 Å². The summed E-state index contributed by atoms with van der Waals surface area (Å²) in [6, 6.07) is 13.4. The molecule has 0 aliphatic heterocycles. The van der Waals surface area contributed by atoms with Gasteiger partial charge in [0.15, 0.2) is 0 Å². The Balaban J connectivity index is 1.68. The van der Waals surface area contributed by atoms with E-state index in [-0.39, 0.29) is 18.9 Å². The van der Waals surface area contributed by atoms with Crippen molar-refractivity contribution in [1.82, 2.24) is 5.32 Å². The normalized spacial score (nSPS) is 13.6. The average molecular weight is 355 g/mol. The van der Waals surface area contributed by atoms with Gasteiger partial charge in [0.25, 0.3) is 0 Å². The Kier molecular flexibility index (Phi) is 5.66. The first kappa shape index (κ1) is 18.1. The molecule has 5 heteroatoms. The molecular weight excluding hydrogens is 333 g/mol. The van der Waals surface area contributed by atoms with Gasteiger partial charge in [-0.15, -0.1) is 0 Å². The summed E-state index contributed by atoms with van der Waals surface area (Å²) >= 11 is 0. The fourth-order valence-corrected chi connectivity index (χ4v) is 3.43. The second-order valence-electron chi connectivity index (χ2n) is 6.47. The molecule has 0 heterocycles. The van der Waals surface area contributed by atoms with Crippen molar-refractivity contribution in [2.24, 2.45) is 0 Å². The van der Waals surface area contributed by atoms with Gasteiger partial charge in [0.2, 0.25) is 0 Å². The van der Waals surface area contributed by atoms with Crippen LogP contribution in [0.2, 0.25) is 0 Å². The summed E-state index contributed by atoms with van der Waals surface area (Å²) in [5.74, 6) is -0.0664. The number of halogens is 1. The summed E-state index contributed by atoms with van der Waals surface area (Å²) in [5, 5.41) is 2.34. The summed E-state index contributed by atoms with van der Waals surface area (Å²) in [5.41, 5.74) is 4.48. The van der Waals surface area contributed by atoms with Gasteiger partial charge in [0.1, 0.15) is 12.6 Å². The van der Waals surface area contributed by atoms with Crippen LogP contribution in [0, 0.1) is 0 Å². The second kappa shape index (κ2) is 8.13. The summed E-state index contributed by atoms with van der Waals surface area (Å²) < 4.78 is 18.4. The number of carbonyl (C=O) groups excluding carboxylic acids is 2. The zero-order valence-electron chi connectivity index (χ0n) is 14.7. The van der Waals surface area contributed by atoms with E-state index in [1.165, 1.54) is 0 Å². The minimum absolute atomic E-state index is 0.0664. The zero-order valence-corrected chi connectivity index (χ0v) is 14.7. The number of ether oxygens (including phenoxy) is 1. The lowest BCUT2D eigenvalue weighted by Gasteiger charge is -2.17. The summed E-state index contributed by atoms with van der Waals surface area (Å²) in [7, 11) is 0. The quantitative estimate of drug-likeness (QED) is 0.740. The van der Waals surface area contributed by atoms with Crippen molar-refractivity contribution in [2.75, 3.05) is 6.61 Å². The van der Waals surface area contributed by atoms with Gasteiger partial charge in [-0.05, 0) is 28.7 Å². The summed E-state index contributed by atoms with van der Waals surface area (Å²) in [4.78, 5) is 23.1. The molecule has 0 saturated carbocycles. The zero-order chi connectivity index (χ0) is 18.5. The van der Waals surface area contributed by atoms with Crippen molar-refractivity contribution >= 4 is 12.1 Å². The number of alkyl carbamates (subject to hydrolysis) is 1. The number of benzene rings is 2. The van der Waals surface area contributed by atoms with Crippen molar-refractivity contribution in [3.63, 3.8) is 0 Å². The van der Waals surface area contributed by atoms with E-state index in [9.17, 15) is 14.0 Å². The molecule has 2 aromatic carbocycles. The standard InChI is InChI=1S/C21H22FNO3/c1-2-3-12-19(20(22)24)23-21(25)26-13-18-16-10-6-4-8-14(16)15-9-5-7-11-17(15)18/h4-11,18-19H,2-3,12-13H2,1H3,(H,23,25). The fraction of sp³-hybridized carbons (Fsp3) is 0.333. The fourth-order valence-electron chi connectivity index (χ4n) is 3.43. The number of nitrogens with one attached hydrogen (secondary N) is 1. The van der Waals surface area contributed by atoms with E-state index < -0.39 is 18.2 Å². The van der Waals surface area contributed by atoms with Crippen LogP contribution >= 0.6 is 0 Å². The van der Waals surface area contributed by atoms with Crippen LogP contribution in [0.4, 0.5) is 9.18 Å². The van der Waals surface area contributed by atoms with Crippen LogP contribution in [-0.2, 0) is 9.53 Å². The smallest absolute Gasteiger partial charge is 0.407 e. The molecule has 0 radical (unpaired) electrons. The number of carbonyl (C=O) groups is 2. The average Bonchev–Trinajstić information content (AvgIpc) is 2.97. The molecule has 0 aromatic heterocycles. The Morgan fingerprint density at radius 3 is 2.19 bits per heavy atom. The predicted octanol–water partition coefficient (Wildman–Crippen LogP) is 4.58. The van der Waals surface area contributed by atoms with Crippen molar-refractivity contribution in [3.8, 4) is 11.1 Å². The number of fused-ring (bicyclic) bond motifs is 3. The van der Waals surface area contributed by atoms with Crippen LogP contribution in [0.25, 0.3) is 11.1 Å². The molecular formula is C21H22FNO3. The molecule has 0 bridgehead atoms. The van der Waals surface area contributed by atoms with E-state index in [0.717, 1.165) is 28.7 Å². The highest BCUT2D eigenvalue weighted by Gasteiger charge is 2.29. The first-order valence-electron chi connectivity index (χ1n) is 8.92. The molecule has 1 unspecified atom stereocenters. The van der Waals surface area contributed by atoms with Crippen LogP contribution in [0.5, 0.6) is 0 Å². The maximum Gasteiger partial charge on any atom is 0.407 e. The van der Waals surface area contributed by atoms with Crippen LogP contribution in [-0.4, -0.2) is 24.8 Å². The lowest BCUT2D eigenvalue weighted by molar-refractivity contribution is -0.131. The van der Waals surface area contributed by atoms with E-state index in [0.29, 0.717) is 6.42 Å². The molecule has 0 saturated heterocycles. The van der Waals surface area contributed by atoms with Gasteiger partial charge in [-0.1, -0.05) is 68.3 Å². The van der Waals surface area contributed by atoms with E-state index in [1.807, 2.05) is 43.3 Å². The van der Waals surface area contributed by atoms with Crippen molar-refractivity contribution < 1.29 is 18.7 Å². The van der Waals surface area contributed by atoms with E-state index in [1.54, 1.807) is 0 Å². The molecule has 1 amide bonds. The molecule has 4 nitrogen and oxygen atoms in total. The molecule has 1 atom stereocenters. The minimum atomic E-state index is -1.54. The first-order chi connectivity index (χ1) is 12.6. The molecule has 0 spiro atoms. The summed E-state index contributed by atoms with van der Waals surface area (Å²) in [6.45, 7) is 2.08. The SMILES string of the molecule is CCCCC(NC(=O)OCC1c2ccccc2-c2ccccc21)C(=O)F. The number of rotatable bonds is 7. The van der Waals surface area contributed by atoms with Crippen molar-refractivity contribution in [2.45, 2.75) is 38.1 Å².